The van der Waals surface area contributed by atoms with Gasteiger partial charge in [0.1, 0.15) is 11.9 Å². The maximum Gasteiger partial charge on any atom is 0.417 e. The summed E-state index contributed by atoms with van der Waals surface area (Å²) in [5.41, 5.74) is -1.22. The highest BCUT2D eigenvalue weighted by Crippen LogP contribution is 2.32. The van der Waals surface area contributed by atoms with Crippen molar-refractivity contribution in [3.63, 3.8) is 0 Å². The van der Waals surface area contributed by atoms with Gasteiger partial charge in [0.05, 0.1) is 11.1 Å². The molecule has 1 saturated heterocycles. The molecule has 1 aliphatic heterocycles. The third kappa shape index (κ3) is 5.73. The van der Waals surface area contributed by atoms with Crippen molar-refractivity contribution in [2.45, 2.75) is 26.1 Å². The minimum Gasteiger partial charge on any atom is -0.340 e. The molecular weight excluding hydrogens is 454 g/mol. The Morgan fingerprint density at radius 2 is 1.44 bits per heavy atom. The van der Waals surface area contributed by atoms with Crippen molar-refractivity contribution in [2.75, 3.05) is 26.2 Å². The quantitative estimate of drug-likeness (QED) is 0.667. The number of hydrogen-bond donors (Lipinski definition) is 1. The van der Waals surface area contributed by atoms with Gasteiger partial charge in [0, 0.05) is 31.7 Å². The van der Waals surface area contributed by atoms with Crippen LogP contribution in [0.2, 0.25) is 0 Å². The van der Waals surface area contributed by atoms with E-state index in [9.17, 15) is 31.9 Å². The number of amides is 3. The van der Waals surface area contributed by atoms with Crippen LogP contribution in [0.3, 0.4) is 0 Å². The molecule has 182 valence electrons. The van der Waals surface area contributed by atoms with Crippen LogP contribution in [0.15, 0.2) is 48.5 Å². The Balaban J connectivity index is 1.65. The summed E-state index contributed by atoms with van der Waals surface area (Å²) in [4.78, 5) is 41.1. The Bertz CT molecular complexity index is 1050. The lowest BCUT2D eigenvalue weighted by atomic mass is 10.0. The summed E-state index contributed by atoms with van der Waals surface area (Å²) in [6.07, 6.45) is -4.66. The fraction of sp³-hybridized carbons (Fsp3) is 0.375. The lowest BCUT2D eigenvalue weighted by Gasteiger charge is -2.37. The molecule has 10 heteroatoms. The zero-order valence-corrected chi connectivity index (χ0v) is 18.7. The van der Waals surface area contributed by atoms with Crippen LogP contribution in [0.1, 0.15) is 40.1 Å². The van der Waals surface area contributed by atoms with Crippen molar-refractivity contribution in [2.24, 2.45) is 5.92 Å². The summed E-state index contributed by atoms with van der Waals surface area (Å²) in [6.45, 7) is 3.90. The zero-order valence-electron chi connectivity index (χ0n) is 18.7. The molecule has 2 aromatic rings. The van der Waals surface area contributed by atoms with E-state index in [2.05, 4.69) is 5.32 Å². The number of halogens is 4. The Morgan fingerprint density at radius 1 is 0.882 bits per heavy atom. The highest BCUT2D eigenvalue weighted by molar-refractivity contribution is 5.98. The van der Waals surface area contributed by atoms with Crippen LogP contribution in [0, 0.1) is 11.7 Å². The molecule has 1 heterocycles. The number of benzene rings is 2. The Morgan fingerprint density at radius 3 is 2.00 bits per heavy atom. The van der Waals surface area contributed by atoms with Crippen molar-refractivity contribution < 1.29 is 31.9 Å². The van der Waals surface area contributed by atoms with Crippen molar-refractivity contribution in [1.82, 2.24) is 15.1 Å². The molecule has 1 atom stereocenters. The highest BCUT2D eigenvalue weighted by Gasteiger charge is 2.37. The monoisotopic (exact) mass is 479 g/mol. The van der Waals surface area contributed by atoms with Gasteiger partial charge in [-0.3, -0.25) is 14.4 Å². The van der Waals surface area contributed by atoms with Gasteiger partial charge < -0.3 is 15.1 Å². The molecule has 0 aliphatic carbocycles. The van der Waals surface area contributed by atoms with Crippen LogP contribution in [0.5, 0.6) is 0 Å². The number of nitrogens with zero attached hydrogens (tertiary/aromatic N) is 2. The minimum atomic E-state index is -4.66. The average molecular weight is 479 g/mol. The van der Waals surface area contributed by atoms with Gasteiger partial charge in [0.2, 0.25) is 5.91 Å². The van der Waals surface area contributed by atoms with E-state index in [0.29, 0.717) is 0 Å². The molecule has 0 saturated carbocycles. The van der Waals surface area contributed by atoms with Gasteiger partial charge in [0.25, 0.3) is 11.8 Å². The number of rotatable bonds is 5. The number of carbonyl (C=O) groups excluding carboxylic acids is 3. The topological polar surface area (TPSA) is 69.7 Å². The van der Waals surface area contributed by atoms with Gasteiger partial charge in [0.15, 0.2) is 0 Å². The average Bonchev–Trinajstić information content (AvgIpc) is 2.81. The lowest BCUT2D eigenvalue weighted by molar-refractivity contribution is -0.138. The van der Waals surface area contributed by atoms with E-state index in [-0.39, 0.29) is 43.6 Å². The summed E-state index contributed by atoms with van der Waals surface area (Å²) in [7, 11) is 0. The minimum absolute atomic E-state index is 0.0630. The third-order valence-corrected chi connectivity index (χ3v) is 5.67. The predicted molar refractivity (Wildman–Crippen MR) is 116 cm³/mol. The van der Waals surface area contributed by atoms with Gasteiger partial charge in [-0.15, -0.1) is 0 Å². The normalized spacial score (nSPS) is 15.3. The molecule has 1 unspecified atom stereocenters. The summed E-state index contributed by atoms with van der Waals surface area (Å²) in [5, 5.41) is 2.68. The largest absolute Gasteiger partial charge is 0.417 e. The van der Waals surface area contributed by atoms with Crippen LogP contribution in [-0.4, -0.2) is 59.7 Å². The number of alkyl halides is 3. The molecule has 1 aliphatic rings. The fourth-order valence-electron chi connectivity index (χ4n) is 3.75. The lowest BCUT2D eigenvalue weighted by Crippen LogP contribution is -2.57. The smallest absolute Gasteiger partial charge is 0.340 e. The Hall–Kier alpha value is -3.43. The first kappa shape index (κ1) is 25.2. The standard InChI is InChI=1S/C24H25F4N3O3/c1-15(2)20(29-21(32)16-7-9-17(25)10-8-16)23(34)31-13-11-30(12-14-31)22(33)18-5-3-4-6-19(18)24(26,27)28/h3-10,15,20H,11-14H2,1-2H3,(H,29,32). The van der Waals surface area contributed by atoms with Gasteiger partial charge in [-0.05, 0) is 42.3 Å². The maximum absolute atomic E-state index is 13.3. The SMILES string of the molecule is CC(C)C(NC(=O)c1ccc(F)cc1)C(=O)N1CCN(C(=O)c2ccccc2C(F)(F)F)CC1. The fourth-order valence-corrected chi connectivity index (χ4v) is 3.75. The van der Waals surface area contributed by atoms with E-state index in [0.717, 1.165) is 24.3 Å². The summed E-state index contributed by atoms with van der Waals surface area (Å²) in [6, 6.07) is 8.67. The first-order chi connectivity index (χ1) is 16.0. The second-order valence-electron chi connectivity index (χ2n) is 8.36. The van der Waals surface area contributed by atoms with Gasteiger partial charge in [-0.25, -0.2) is 4.39 Å². The van der Waals surface area contributed by atoms with E-state index >= 15 is 0 Å². The van der Waals surface area contributed by atoms with Crippen molar-refractivity contribution in [1.29, 1.82) is 0 Å². The van der Waals surface area contributed by atoms with Crippen LogP contribution in [0.25, 0.3) is 0 Å². The van der Waals surface area contributed by atoms with Crippen LogP contribution in [-0.2, 0) is 11.0 Å². The van der Waals surface area contributed by atoms with E-state index < -0.39 is 41.0 Å². The molecule has 34 heavy (non-hydrogen) atoms. The van der Waals surface area contributed by atoms with Crippen molar-refractivity contribution in [3.05, 3.63) is 71.0 Å². The molecule has 0 bridgehead atoms. The third-order valence-electron chi connectivity index (χ3n) is 5.67. The molecule has 1 N–H and O–H groups in total. The number of nitrogens with one attached hydrogen (secondary N) is 1. The first-order valence-corrected chi connectivity index (χ1v) is 10.8. The van der Waals surface area contributed by atoms with Crippen molar-refractivity contribution >= 4 is 17.7 Å². The molecule has 6 nitrogen and oxygen atoms in total. The van der Waals surface area contributed by atoms with E-state index in [1.165, 1.54) is 34.1 Å². The Kier molecular flexibility index (Phi) is 7.58. The van der Waals surface area contributed by atoms with Gasteiger partial charge in [-0.1, -0.05) is 26.0 Å². The second kappa shape index (κ2) is 10.2. The van der Waals surface area contributed by atoms with Crippen LogP contribution in [0.4, 0.5) is 17.6 Å². The molecular formula is C24H25F4N3O3. The van der Waals surface area contributed by atoms with Gasteiger partial charge >= 0.3 is 6.18 Å². The maximum atomic E-state index is 13.3. The number of piperazine rings is 1. The van der Waals surface area contributed by atoms with Gasteiger partial charge in [-0.2, -0.15) is 13.2 Å². The highest BCUT2D eigenvalue weighted by atomic mass is 19.4. The van der Waals surface area contributed by atoms with Crippen LogP contribution < -0.4 is 5.32 Å². The van der Waals surface area contributed by atoms with E-state index in [1.807, 2.05) is 0 Å². The number of carbonyl (C=O) groups is 3. The molecule has 0 aromatic heterocycles. The molecule has 0 radical (unpaired) electrons. The Labute approximate surface area is 194 Å². The summed E-state index contributed by atoms with van der Waals surface area (Å²) < 4.78 is 52.9. The first-order valence-electron chi connectivity index (χ1n) is 10.8. The predicted octanol–water partition coefficient (Wildman–Crippen LogP) is 3.58. The summed E-state index contributed by atoms with van der Waals surface area (Å²) >= 11 is 0. The van der Waals surface area contributed by atoms with Crippen LogP contribution >= 0.6 is 0 Å². The molecule has 3 rings (SSSR count). The van der Waals surface area contributed by atoms with Crippen molar-refractivity contribution in [3.8, 4) is 0 Å². The van der Waals surface area contributed by atoms with E-state index in [1.54, 1.807) is 13.8 Å². The molecule has 1 fully saturated rings. The second-order valence-corrected chi connectivity index (χ2v) is 8.36. The molecule has 2 aromatic carbocycles. The van der Waals surface area contributed by atoms with E-state index in [4.69, 9.17) is 0 Å². The molecule has 0 spiro atoms. The summed E-state index contributed by atoms with van der Waals surface area (Å²) in [5.74, 6) is -2.36. The number of hydrogen-bond acceptors (Lipinski definition) is 3. The zero-order chi connectivity index (χ0) is 25.0. The molecule has 3 amide bonds.